The average molecular weight is 500 g/mol. The molecule has 0 aliphatic heterocycles. The van der Waals surface area contributed by atoms with Crippen LogP contribution in [0.5, 0.6) is 0 Å². The molecular formula is C25H28F4O6. The lowest BCUT2D eigenvalue weighted by atomic mass is 9.76. The van der Waals surface area contributed by atoms with Crippen molar-refractivity contribution in [2.45, 2.75) is 38.5 Å². The molecule has 0 saturated carbocycles. The van der Waals surface area contributed by atoms with Crippen molar-refractivity contribution in [3.8, 4) is 0 Å². The molecule has 0 atom stereocenters. The fourth-order valence-electron chi connectivity index (χ4n) is 2.71. The van der Waals surface area contributed by atoms with Crippen molar-refractivity contribution in [3.63, 3.8) is 0 Å². The molecule has 0 bridgehead atoms. The molecule has 0 heterocycles. The van der Waals surface area contributed by atoms with Crippen LogP contribution in [0.4, 0.5) is 17.6 Å². The Morgan fingerprint density at radius 1 is 0.686 bits per heavy atom. The second-order valence-electron chi connectivity index (χ2n) is 7.54. The Bertz CT molecular complexity index is 845. The number of carbonyl (C=O) groups excluding carboxylic acids is 4. The van der Waals surface area contributed by atoms with Gasteiger partial charge in [0, 0.05) is 13.8 Å². The van der Waals surface area contributed by atoms with Crippen molar-refractivity contribution in [2.75, 3.05) is 14.2 Å². The first-order valence-electron chi connectivity index (χ1n) is 10.2. The molecule has 6 nitrogen and oxygen atoms in total. The molecule has 2 aromatic carbocycles. The lowest BCUT2D eigenvalue weighted by molar-refractivity contribution is -0.169. The van der Waals surface area contributed by atoms with Crippen LogP contribution >= 0.6 is 0 Å². The fourth-order valence-corrected chi connectivity index (χ4v) is 2.71. The average Bonchev–Trinajstić information content (AvgIpc) is 2.83. The molecule has 0 saturated heterocycles. The van der Waals surface area contributed by atoms with Crippen LogP contribution in [0.1, 0.15) is 25.0 Å². The number of esters is 2. The van der Waals surface area contributed by atoms with Gasteiger partial charge in [-0.05, 0) is 24.0 Å². The first kappa shape index (κ1) is 31.4. The SMILES string of the molecule is CC(F)(F)C=O.CC(F)(F)C=O.COC(=O)C(Cc1ccccc1)(Cc1ccccc1)C(=O)OC. The van der Waals surface area contributed by atoms with Crippen molar-refractivity contribution in [3.05, 3.63) is 71.8 Å². The third-order valence-corrected chi connectivity index (χ3v) is 4.26. The number of hydrogen-bond acceptors (Lipinski definition) is 6. The lowest BCUT2D eigenvalue weighted by Gasteiger charge is -2.28. The van der Waals surface area contributed by atoms with Crippen LogP contribution in [0.3, 0.4) is 0 Å². The molecule has 0 aliphatic rings. The summed E-state index contributed by atoms with van der Waals surface area (Å²) in [6.07, 6.45) is -0.343. The molecule has 0 amide bonds. The van der Waals surface area contributed by atoms with E-state index in [-0.39, 0.29) is 12.8 Å². The highest BCUT2D eigenvalue weighted by atomic mass is 19.3. The molecule has 35 heavy (non-hydrogen) atoms. The quantitative estimate of drug-likeness (QED) is 0.230. The zero-order valence-electron chi connectivity index (χ0n) is 19.8. The third-order valence-electron chi connectivity index (χ3n) is 4.26. The van der Waals surface area contributed by atoms with Crippen LogP contribution in [-0.2, 0) is 41.5 Å². The summed E-state index contributed by atoms with van der Waals surface area (Å²) >= 11 is 0. The van der Waals surface area contributed by atoms with Gasteiger partial charge in [0.05, 0.1) is 14.2 Å². The number of benzene rings is 2. The largest absolute Gasteiger partial charge is 0.468 e. The standard InChI is InChI=1S/C19H20O4.2C3H4F2O/c1-22-17(20)19(18(21)23-2,13-15-9-5-3-6-10-15)14-16-11-7-4-8-12-16;2*1-3(4,5)2-6/h3-12H,13-14H2,1-2H3;2*2H,1H3. The van der Waals surface area contributed by atoms with E-state index < -0.39 is 41.8 Å². The van der Waals surface area contributed by atoms with Gasteiger partial charge in [0.15, 0.2) is 18.0 Å². The van der Waals surface area contributed by atoms with Crippen molar-refractivity contribution >= 4 is 24.5 Å². The Kier molecular flexibility index (Phi) is 13.2. The molecule has 0 unspecified atom stereocenters. The lowest BCUT2D eigenvalue weighted by Crippen LogP contribution is -2.45. The van der Waals surface area contributed by atoms with Gasteiger partial charge >= 0.3 is 11.9 Å². The van der Waals surface area contributed by atoms with Gasteiger partial charge in [-0.25, -0.2) is 0 Å². The second-order valence-corrected chi connectivity index (χ2v) is 7.54. The van der Waals surface area contributed by atoms with Crippen molar-refractivity contribution < 1.29 is 46.2 Å². The van der Waals surface area contributed by atoms with Crippen LogP contribution in [-0.4, -0.2) is 50.6 Å². The highest BCUT2D eigenvalue weighted by Gasteiger charge is 2.48. The van der Waals surface area contributed by atoms with Crippen LogP contribution in [0.2, 0.25) is 0 Å². The van der Waals surface area contributed by atoms with E-state index in [1.807, 2.05) is 60.7 Å². The monoisotopic (exact) mass is 500 g/mol. The molecular weight excluding hydrogens is 472 g/mol. The molecule has 0 aliphatic carbocycles. The van der Waals surface area contributed by atoms with Gasteiger partial charge in [-0.3, -0.25) is 19.2 Å². The number of carbonyl (C=O) groups is 4. The topological polar surface area (TPSA) is 86.7 Å². The number of methoxy groups -OCH3 is 2. The Labute approximate surface area is 201 Å². The van der Waals surface area contributed by atoms with E-state index in [0.717, 1.165) is 11.1 Å². The minimum absolute atomic E-state index is 0.224. The molecule has 10 heteroatoms. The molecule has 0 spiro atoms. The van der Waals surface area contributed by atoms with E-state index >= 15 is 0 Å². The highest BCUT2D eigenvalue weighted by molar-refractivity contribution is 6.00. The fraction of sp³-hybridized carbons (Fsp3) is 0.360. The minimum Gasteiger partial charge on any atom is -0.468 e. The summed E-state index contributed by atoms with van der Waals surface area (Å²) in [5.74, 6) is -7.45. The van der Waals surface area contributed by atoms with Gasteiger partial charge in [-0.1, -0.05) is 60.7 Å². The van der Waals surface area contributed by atoms with Gasteiger partial charge in [0.1, 0.15) is 0 Å². The first-order valence-corrected chi connectivity index (χ1v) is 10.2. The minimum atomic E-state index is -3.14. The van der Waals surface area contributed by atoms with Gasteiger partial charge in [0.25, 0.3) is 11.8 Å². The number of ether oxygens (including phenoxy) is 2. The Hall–Kier alpha value is -3.56. The van der Waals surface area contributed by atoms with Crippen LogP contribution in [0, 0.1) is 5.41 Å². The van der Waals surface area contributed by atoms with E-state index in [0.29, 0.717) is 13.8 Å². The summed E-state index contributed by atoms with van der Waals surface area (Å²) < 4.78 is 54.2. The first-order chi connectivity index (χ1) is 16.2. The van der Waals surface area contributed by atoms with E-state index in [4.69, 9.17) is 19.1 Å². The maximum absolute atomic E-state index is 12.5. The zero-order valence-corrected chi connectivity index (χ0v) is 19.8. The van der Waals surface area contributed by atoms with Crippen molar-refractivity contribution in [2.24, 2.45) is 5.41 Å². The Balaban J connectivity index is 0.000000797. The predicted molar refractivity (Wildman–Crippen MR) is 120 cm³/mol. The van der Waals surface area contributed by atoms with Crippen molar-refractivity contribution in [1.29, 1.82) is 0 Å². The Morgan fingerprint density at radius 2 is 0.943 bits per heavy atom. The Morgan fingerprint density at radius 3 is 1.14 bits per heavy atom. The predicted octanol–water partition coefficient (Wildman–Crippen LogP) is 4.49. The summed E-state index contributed by atoms with van der Waals surface area (Å²) in [5, 5.41) is 0. The summed E-state index contributed by atoms with van der Waals surface area (Å²) in [5.41, 5.74) is 0.352. The normalized spacial score (nSPS) is 11.0. The van der Waals surface area contributed by atoms with Gasteiger partial charge in [-0.2, -0.15) is 17.6 Å². The van der Waals surface area contributed by atoms with Crippen molar-refractivity contribution in [1.82, 2.24) is 0 Å². The smallest absolute Gasteiger partial charge is 0.323 e. The summed E-state index contributed by atoms with van der Waals surface area (Å²) in [7, 11) is 2.58. The molecule has 2 rings (SSSR count). The van der Waals surface area contributed by atoms with Gasteiger partial charge in [0.2, 0.25) is 0 Å². The number of alkyl halides is 4. The molecule has 0 fully saturated rings. The number of aldehydes is 2. The molecule has 2 aromatic rings. The summed E-state index contributed by atoms with van der Waals surface area (Å²) in [4.78, 5) is 43.2. The summed E-state index contributed by atoms with van der Waals surface area (Å²) in [6.45, 7) is 1.08. The maximum Gasteiger partial charge on any atom is 0.323 e. The van der Waals surface area contributed by atoms with E-state index in [2.05, 4.69) is 0 Å². The third kappa shape index (κ3) is 12.5. The molecule has 0 radical (unpaired) electrons. The van der Waals surface area contributed by atoms with E-state index in [1.165, 1.54) is 14.2 Å². The van der Waals surface area contributed by atoms with Gasteiger partial charge in [-0.15, -0.1) is 0 Å². The zero-order chi connectivity index (χ0) is 27.1. The highest BCUT2D eigenvalue weighted by Crippen LogP contribution is 2.31. The molecule has 0 aromatic heterocycles. The van der Waals surface area contributed by atoms with Crippen LogP contribution < -0.4 is 0 Å². The maximum atomic E-state index is 12.5. The molecule has 0 N–H and O–H groups in total. The number of hydrogen-bond donors (Lipinski definition) is 0. The summed E-state index contributed by atoms with van der Waals surface area (Å²) in [6, 6.07) is 18.8. The molecule has 192 valence electrons. The van der Waals surface area contributed by atoms with E-state index in [9.17, 15) is 27.2 Å². The van der Waals surface area contributed by atoms with Crippen LogP contribution in [0.25, 0.3) is 0 Å². The van der Waals surface area contributed by atoms with E-state index in [1.54, 1.807) is 0 Å². The van der Waals surface area contributed by atoms with Gasteiger partial charge < -0.3 is 9.47 Å². The second kappa shape index (κ2) is 14.6. The number of halogens is 4. The number of rotatable bonds is 8. The van der Waals surface area contributed by atoms with Crippen LogP contribution in [0.15, 0.2) is 60.7 Å².